The van der Waals surface area contributed by atoms with Crippen LogP contribution in [0, 0.1) is 0 Å². The molecule has 0 radical (unpaired) electrons. The molecule has 5 nitrogen and oxygen atoms in total. The van der Waals surface area contributed by atoms with Crippen molar-refractivity contribution in [2.75, 3.05) is 0 Å². The summed E-state index contributed by atoms with van der Waals surface area (Å²) in [5.74, 6) is -1.30. The molecule has 0 saturated carbocycles. The van der Waals surface area contributed by atoms with E-state index in [0.29, 0.717) is 12.8 Å². The molecule has 3 N–H and O–H groups in total. The van der Waals surface area contributed by atoms with Crippen LogP contribution in [-0.4, -0.2) is 29.2 Å². The van der Waals surface area contributed by atoms with E-state index in [1.807, 2.05) is 0 Å². The molecule has 74 valence electrons. The van der Waals surface area contributed by atoms with Gasteiger partial charge in [-0.15, -0.1) is 0 Å². The number of carboxylic acid groups (broad SMARTS) is 1. The molecule has 1 aliphatic rings. The highest BCUT2D eigenvalue weighted by molar-refractivity contribution is 5.79. The summed E-state index contributed by atoms with van der Waals surface area (Å²) < 4.78 is 5.24. The topological polar surface area (TPSA) is 89.6 Å². The van der Waals surface area contributed by atoms with Gasteiger partial charge in [0.2, 0.25) is 5.91 Å². The molecule has 1 saturated heterocycles. The Hall–Kier alpha value is -1.10. The van der Waals surface area contributed by atoms with Crippen molar-refractivity contribution in [1.29, 1.82) is 0 Å². The molecule has 0 aromatic carbocycles. The van der Waals surface area contributed by atoms with Crippen LogP contribution in [0.25, 0.3) is 0 Å². The molecule has 0 spiro atoms. The van der Waals surface area contributed by atoms with E-state index in [1.165, 1.54) is 0 Å². The van der Waals surface area contributed by atoms with E-state index in [4.69, 9.17) is 15.6 Å². The lowest BCUT2D eigenvalue weighted by atomic mass is 10.1. The van der Waals surface area contributed by atoms with E-state index < -0.39 is 18.0 Å². The first-order chi connectivity index (χ1) is 6.09. The van der Waals surface area contributed by atoms with Crippen molar-refractivity contribution >= 4 is 11.9 Å². The number of primary amides is 1. The fourth-order valence-electron chi connectivity index (χ4n) is 1.41. The van der Waals surface area contributed by atoms with Gasteiger partial charge in [0.05, 0.1) is 6.10 Å². The van der Waals surface area contributed by atoms with Crippen LogP contribution in [0.2, 0.25) is 0 Å². The lowest BCUT2D eigenvalue weighted by Gasteiger charge is -2.09. The van der Waals surface area contributed by atoms with Crippen molar-refractivity contribution in [1.82, 2.24) is 0 Å². The Balaban J connectivity index is 2.25. The van der Waals surface area contributed by atoms with Crippen molar-refractivity contribution in [2.24, 2.45) is 5.73 Å². The molecule has 1 amide bonds. The highest BCUT2D eigenvalue weighted by atomic mass is 16.5. The van der Waals surface area contributed by atoms with Gasteiger partial charge in [0, 0.05) is 6.42 Å². The maximum absolute atomic E-state index is 10.7. The highest BCUT2D eigenvalue weighted by Gasteiger charge is 2.28. The van der Waals surface area contributed by atoms with E-state index in [0.717, 1.165) is 6.42 Å². The average Bonchev–Trinajstić information content (AvgIpc) is 2.48. The van der Waals surface area contributed by atoms with Crippen LogP contribution in [0.3, 0.4) is 0 Å². The number of hydrogen-bond acceptors (Lipinski definition) is 3. The average molecular weight is 187 g/mol. The molecular weight excluding hydrogens is 174 g/mol. The second kappa shape index (κ2) is 4.23. The summed E-state index contributed by atoms with van der Waals surface area (Å²) in [5.41, 5.74) is 5.04. The SMILES string of the molecule is NC(=O)[C@H]1CC[C@H](CCC(=O)O)O1. The van der Waals surface area contributed by atoms with Crippen molar-refractivity contribution in [3.63, 3.8) is 0 Å². The minimum absolute atomic E-state index is 0.0795. The van der Waals surface area contributed by atoms with Crippen molar-refractivity contribution < 1.29 is 19.4 Å². The fraction of sp³-hybridized carbons (Fsp3) is 0.750. The van der Waals surface area contributed by atoms with Crippen molar-refractivity contribution in [3.05, 3.63) is 0 Å². The highest BCUT2D eigenvalue weighted by Crippen LogP contribution is 2.22. The third-order valence-electron chi connectivity index (χ3n) is 2.11. The van der Waals surface area contributed by atoms with Crippen LogP contribution in [0.1, 0.15) is 25.7 Å². The number of amides is 1. The summed E-state index contributed by atoms with van der Waals surface area (Å²) in [4.78, 5) is 20.9. The molecular formula is C8H13NO4. The van der Waals surface area contributed by atoms with Crippen molar-refractivity contribution in [2.45, 2.75) is 37.9 Å². The molecule has 0 unspecified atom stereocenters. The first-order valence-electron chi connectivity index (χ1n) is 4.26. The molecule has 0 aromatic heterocycles. The number of carbonyl (C=O) groups is 2. The molecule has 1 fully saturated rings. The molecule has 0 aliphatic carbocycles. The van der Waals surface area contributed by atoms with Gasteiger partial charge in [-0.2, -0.15) is 0 Å². The first-order valence-corrected chi connectivity index (χ1v) is 4.26. The number of nitrogens with two attached hydrogens (primary N) is 1. The quantitative estimate of drug-likeness (QED) is 0.642. The summed E-state index contributed by atoms with van der Waals surface area (Å²) in [6.07, 6.45) is 1.24. The Morgan fingerprint density at radius 2 is 2.15 bits per heavy atom. The zero-order valence-corrected chi connectivity index (χ0v) is 7.23. The van der Waals surface area contributed by atoms with Crippen LogP contribution in [-0.2, 0) is 14.3 Å². The minimum Gasteiger partial charge on any atom is -0.481 e. The van der Waals surface area contributed by atoms with Gasteiger partial charge < -0.3 is 15.6 Å². The van der Waals surface area contributed by atoms with Gasteiger partial charge in [0.1, 0.15) is 6.10 Å². The Bertz CT molecular complexity index is 216. The molecule has 0 aromatic rings. The van der Waals surface area contributed by atoms with Gasteiger partial charge in [0.15, 0.2) is 0 Å². The van der Waals surface area contributed by atoms with Crippen LogP contribution in [0.4, 0.5) is 0 Å². The standard InChI is InChI=1S/C8H13NO4/c9-8(12)6-3-1-5(13-6)2-4-7(10)11/h5-6H,1-4H2,(H2,9,12)(H,10,11)/t5-,6-/m1/s1. The summed E-state index contributed by atoms with van der Waals surface area (Å²) >= 11 is 0. The molecule has 13 heavy (non-hydrogen) atoms. The number of ether oxygens (including phenoxy) is 1. The third kappa shape index (κ3) is 3.02. The third-order valence-corrected chi connectivity index (χ3v) is 2.11. The molecule has 1 aliphatic heterocycles. The van der Waals surface area contributed by atoms with Gasteiger partial charge in [-0.1, -0.05) is 0 Å². The Kier molecular flexibility index (Phi) is 3.25. The van der Waals surface area contributed by atoms with Crippen LogP contribution >= 0.6 is 0 Å². The maximum atomic E-state index is 10.7. The van der Waals surface area contributed by atoms with Gasteiger partial charge >= 0.3 is 5.97 Å². The lowest BCUT2D eigenvalue weighted by molar-refractivity contribution is -0.138. The zero-order valence-electron chi connectivity index (χ0n) is 7.23. The van der Waals surface area contributed by atoms with E-state index in [1.54, 1.807) is 0 Å². The smallest absolute Gasteiger partial charge is 0.303 e. The van der Waals surface area contributed by atoms with E-state index in [-0.39, 0.29) is 12.5 Å². The van der Waals surface area contributed by atoms with E-state index >= 15 is 0 Å². The lowest BCUT2D eigenvalue weighted by Crippen LogP contribution is -2.28. The monoisotopic (exact) mass is 187 g/mol. The van der Waals surface area contributed by atoms with Gasteiger partial charge in [-0.3, -0.25) is 9.59 Å². The van der Waals surface area contributed by atoms with Gasteiger partial charge in [-0.25, -0.2) is 0 Å². The number of aliphatic carboxylic acids is 1. The summed E-state index contributed by atoms with van der Waals surface area (Å²) in [7, 11) is 0. The predicted octanol–water partition coefficient (Wildman–Crippen LogP) is -0.116. The van der Waals surface area contributed by atoms with E-state index in [9.17, 15) is 9.59 Å². The zero-order chi connectivity index (χ0) is 9.84. The van der Waals surface area contributed by atoms with Gasteiger partial charge in [-0.05, 0) is 19.3 Å². The molecule has 2 atom stereocenters. The van der Waals surface area contributed by atoms with Crippen LogP contribution < -0.4 is 5.73 Å². The van der Waals surface area contributed by atoms with Crippen LogP contribution in [0.15, 0.2) is 0 Å². The van der Waals surface area contributed by atoms with Crippen LogP contribution in [0.5, 0.6) is 0 Å². The Morgan fingerprint density at radius 1 is 1.46 bits per heavy atom. The largest absolute Gasteiger partial charge is 0.481 e. The van der Waals surface area contributed by atoms with E-state index in [2.05, 4.69) is 0 Å². The number of hydrogen-bond donors (Lipinski definition) is 2. The second-order valence-corrected chi connectivity index (χ2v) is 3.16. The van der Waals surface area contributed by atoms with Gasteiger partial charge in [0.25, 0.3) is 0 Å². The molecule has 0 bridgehead atoms. The first kappa shape index (κ1) is 9.98. The minimum atomic E-state index is -0.842. The Morgan fingerprint density at radius 3 is 2.62 bits per heavy atom. The Labute approximate surface area is 75.9 Å². The molecule has 1 rings (SSSR count). The summed E-state index contributed by atoms with van der Waals surface area (Å²) in [6.45, 7) is 0. The maximum Gasteiger partial charge on any atom is 0.303 e. The molecule has 1 heterocycles. The van der Waals surface area contributed by atoms with Crippen molar-refractivity contribution in [3.8, 4) is 0 Å². The predicted molar refractivity (Wildman–Crippen MR) is 44.0 cm³/mol. The summed E-state index contributed by atoms with van der Waals surface area (Å²) in [6, 6.07) is 0. The fourth-order valence-corrected chi connectivity index (χ4v) is 1.41. The number of rotatable bonds is 4. The number of carboxylic acids is 1. The number of carbonyl (C=O) groups excluding carboxylic acids is 1. The molecule has 5 heteroatoms. The second-order valence-electron chi connectivity index (χ2n) is 3.16. The summed E-state index contributed by atoms with van der Waals surface area (Å²) in [5, 5.41) is 8.40. The normalized spacial score (nSPS) is 27.4.